The molecule has 0 aliphatic carbocycles. The minimum atomic E-state index is -3.05. The van der Waals surface area contributed by atoms with Crippen molar-refractivity contribution < 1.29 is 27.5 Å². The fraction of sp³-hybridized carbons (Fsp3) is 0.371. The molecule has 2 aliphatic rings. The second kappa shape index (κ2) is 14.7. The van der Waals surface area contributed by atoms with Gasteiger partial charge in [0.25, 0.3) is 11.5 Å². The molecule has 2 atom stereocenters. The number of fused-ring (bicyclic) bond motifs is 1. The SMILES string of the molecule is COc1cc(-c2cn(C)c(=O)c3cnccc23)cc(Cl)c1CN1CC[C@@H](NCCNc2ccc(N[C@@H]3CCC(=O)NC3=O)cc2F)C(F)(F)C1. The standard InChI is InChI=1S/C35H37ClF3N7O4/c1-45-17-24(22-7-9-40-16-23(22)34(45)49)20-13-26(36)25(30(14-20)50-2)18-46-12-8-31(35(38,39)19-46)42-11-10-41-28-4-3-21(15-27(28)37)43-29-5-6-32(47)44-33(29)48/h3-4,7,9,13-17,29,31,41-43H,5-6,8,10-12,18-19H2,1-2H3,(H,44,47,48)/t29-,31-/m1/s1. The zero-order chi connectivity index (χ0) is 35.6. The number of benzene rings is 2. The van der Waals surface area contributed by atoms with E-state index in [1.165, 1.54) is 30.0 Å². The van der Waals surface area contributed by atoms with Crippen LogP contribution in [-0.2, 0) is 23.2 Å². The Bertz CT molecular complexity index is 1990. The summed E-state index contributed by atoms with van der Waals surface area (Å²) in [5.41, 5.74) is 2.46. The summed E-state index contributed by atoms with van der Waals surface area (Å²) in [6.45, 7) is 0.420. The molecule has 0 bridgehead atoms. The topological polar surface area (TPSA) is 130 Å². The van der Waals surface area contributed by atoms with Gasteiger partial charge < -0.3 is 25.3 Å². The van der Waals surface area contributed by atoms with Gasteiger partial charge in [-0.1, -0.05) is 11.6 Å². The van der Waals surface area contributed by atoms with Gasteiger partial charge in [0.2, 0.25) is 11.8 Å². The van der Waals surface area contributed by atoms with Crippen molar-refractivity contribution in [3.05, 3.63) is 81.7 Å². The van der Waals surface area contributed by atoms with Gasteiger partial charge in [0, 0.05) is 80.1 Å². The molecule has 0 saturated carbocycles. The first-order valence-electron chi connectivity index (χ1n) is 16.2. The number of piperidine rings is 2. The maximum Gasteiger partial charge on any atom is 0.275 e. The van der Waals surface area contributed by atoms with Crippen LogP contribution >= 0.6 is 11.6 Å². The van der Waals surface area contributed by atoms with E-state index in [4.69, 9.17) is 16.3 Å². The number of aryl methyl sites for hydroxylation is 1. The predicted octanol–water partition coefficient (Wildman–Crippen LogP) is 4.53. The minimum absolute atomic E-state index is 0.151. The molecule has 2 aromatic heterocycles. The van der Waals surface area contributed by atoms with E-state index in [2.05, 4.69) is 26.3 Å². The fourth-order valence-electron chi connectivity index (χ4n) is 6.49. The number of amides is 2. The third kappa shape index (κ3) is 7.57. The molecule has 15 heteroatoms. The molecular weight excluding hydrogens is 675 g/mol. The zero-order valence-electron chi connectivity index (χ0n) is 27.5. The summed E-state index contributed by atoms with van der Waals surface area (Å²) < 4.78 is 52.6. The number of carbonyl (C=O) groups is 2. The van der Waals surface area contributed by atoms with Crippen LogP contribution in [0.3, 0.4) is 0 Å². The number of hydrogen-bond donors (Lipinski definition) is 4. The van der Waals surface area contributed by atoms with E-state index in [0.717, 1.165) is 5.56 Å². The number of halogens is 4. The summed E-state index contributed by atoms with van der Waals surface area (Å²) in [7, 11) is 3.16. The molecule has 6 rings (SSSR count). The van der Waals surface area contributed by atoms with Crippen LogP contribution < -0.4 is 31.6 Å². The van der Waals surface area contributed by atoms with E-state index in [0.29, 0.717) is 51.3 Å². The Morgan fingerprint density at radius 2 is 1.92 bits per heavy atom. The lowest BCUT2D eigenvalue weighted by atomic mass is 9.98. The monoisotopic (exact) mass is 711 g/mol. The molecule has 2 aliphatic heterocycles. The van der Waals surface area contributed by atoms with Crippen molar-refractivity contribution in [3.63, 3.8) is 0 Å². The molecule has 0 spiro atoms. The lowest BCUT2D eigenvalue weighted by molar-refractivity contribution is -0.133. The number of hydrogen-bond acceptors (Lipinski definition) is 9. The largest absolute Gasteiger partial charge is 0.496 e. The van der Waals surface area contributed by atoms with Crippen molar-refractivity contribution in [2.24, 2.45) is 7.05 Å². The summed E-state index contributed by atoms with van der Waals surface area (Å²) in [6, 6.07) is 7.95. The fourth-order valence-corrected chi connectivity index (χ4v) is 6.76. The minimum Gasteiger partial charge on any atom is -0.496 e. The smallest absolute Gasteiger partial charge is 0.275 e. The molecule has 0 radical (unpaired) electrons. The predicted molar refractivity (Wildman–Crippen MR) is 185 cm³/mol. The molecule has 2 saturated heterocycles. The van der Waals surface area contributed by atoms with E-state index in [1.807, 2.05) is 0 Å². The van der Waals surface area contributed by atoms with Crippen LogP contribution in [-0.4, -0.2) is 77.6 Å². The van der Waals surface area contributed by atoms with Crippen molar-refractivity contribution in [1.29, 1.82) is 0 Å². The lowest BCUT2D eigenvalue weighted by Crippen LogP contribution is -2.57. The van der Waals surface area contributed by atoms with Gasteiger partial charge in [-0.15, -0.1) is 0 Å². The molecule has 0 unspecified atom stereocenters. The van der Waals surface area contributed by atoms with Crippen LogP contribution in [0, 0.1) is 5.82 Å². The molecule has 4 N–H and O–H groups in total. The van der Waals surface area contributed by atoms with Crippen LogP contribution in [0.1, 0.15) is 24.8 Å². The molecule has 4 heterocycles. The third-order valence-corrected chi connectivity index (χ3v) is 9.45. The molecular formula is C35H37ClF3N7O4. The Labute approximate surface area is 291 Å². The first kappa shape index (κ1) is 35.2. The third-order valence-electron chi connectivity index (χ3n) is 9.11. The number of likely N-dealkylation sites (tertiary alicyclic amines) is 1. The van der Waals surface area contributed by atoms with Crippen molar-refractivity contribution in [3.8, 4) is 16.9 Å². The molecule has 2 amide bonds. The highest BCUT2D eigenvalue weighted by atomic mass is 35.5. The van der Waals surface area contributed by atoms with Crippen molar-refractivity contribution in [1.82, 2.24) is 25.1 Å². The summed E-state index contributed by atoms with van der Waals surface area (Å²) in [4.78, 5) is 41.7. The van der Waals surface area contributed by atoms with Crippen molar-refractivity contribution in [2.75, 3.05) is 43.9 Å². The van der Waals surface area contributed by atoms with E-state index in [1.54, 1.807) is 48.6 Å². The number of ether oxygens (including phenoxy) is 1. The average molecular weight is 712 g/mol. The first-order valence-corrected chi connectivity index (χ1v) is 16.6. The van der Waals surface area contributed by atoms with Gasteiger partial charge in [0.15, 0.2) is 0 Å². The van der Waals surface area contributed by atoms with Crippen LogP contribution in [0.15, 0.2) is 59.8 Å². The van der Waals surface area contributed by atoms with Gasteiger partial charge in [0.05, 0.1) is 30.8 Å². The van der Waals surface area contributed by atoms with E-state index >= 15 is 8.78 Å². The van der Waals surface area contributed by atoms with Crippen LogP contribution in [0.2, 0.25) is 5.02 Å². The summed E-state index contributed by atoms with van der Waals surface area (Å²) in [6.07, 6.45) is 5.54. The second-order valence-electron chi connectivity index (χ2n) is 12.6. The van der Waals surface area contributed by atoms with Crippen LogP contribution in [0.4, 0.5) is 24.5 Å². The first-order chi connectivity index (χ1) is 23.9. The van der Waals surface area contributed by atoms with Gasteiger partial charge in [-0.25, -0.2) is 13.2 Å². The maximum absolute atomic E-state index is 15.4. The van der Waals surface area contributed by atoms with E-state index in [-0.39, 0.29) is 49.6 Å². The Morgan fingerprint density at radius 1 is 1.10 bits per heavy atom. The Kier molecular flexibility index (Phi) is 10.3. The number of aromatic nitrogens is 2. The highest BCUT2D eigenvalue weighted by Gasteiger charge is 2.44. The molecule has 264 valence electrons. The van der Waals surface area contributed by atoms with Gasteiger partial charge >= 0.3 is 0 Å². The maximum atomic E-state index is 15.4. The summed E-state index contributed by atoms with van der Waals surface area (Å²) in [5.74, 6) is -3.96. The van der Waals surface area contributed by atoms with Crippen LogP contribution in [0.5, 0.6) is 5.75 Å². The second-order valence-corrected chi connectivity index (χ2v) is 13.0. The number of carbonyl (C=O) groups excluding carboxylic acids is 2. The summed E-state index contributed by atoms with van der Waals surface area (Å²) in [5, 5.41) is 12.5. The van der Waals surface area contributed by atoms with Gasteiger partial charge in [-0.2, -0.15) is 0 Å². The zero-order valence-corrected chi connectivity index (χ0v) is 28.3. The number of rotatable bonds is 11. The highest BCUT2D eigenvalue weighted by molar-refractivity contribution is 6.32. The number of imide groups is 1. The van der Waals surface area contributed by atoms with Crippen molar-refractivity contribution >= 4 is 45.6 Å². The van der Waals surface area contributed by atoms with Gasteiger partial charge in [-0.05, 0) is 60.2 Å². The highest BCUT2D eigenvalue weighted by Crippen LogP contribution is 2.38. The van der Waals surface area contributed by atoms with E-state index in [9.17, 15) is 18.8 Å². The Hall–Kier alpha value is -4.66. The Morgan fingerprint density at radius 3 is 2.66 bits per heavy atom. The van der Waals surface area contributed by atoms with Gasteiger partial charge in [-0.3, -0.25) is 29.6 Å². The van der Waals surface area contributed by atoms with Gasteiger partial charge in [0.1, 0.15) is 17.6 Å². The average Bonchev–Trinajstić information content (AvgIpc) is 3.08. The Balaban J connectivity index is 1.04. The number of methoxy groups -OCH3 is 1. The number of pyridine rings is 2. The number of alkyl halides is 2. The number of anilines is 2. The van der Waals surface area contributed by atoms with E-state index < -0.39 is 36.3 Å². The lowest BCUT2D eigenvalue weighted by Gasteiger charge is -2.39. The normalized spacial score (nSPS) is 19.3. The number of nitrogens with zero attached hydrogens (tertiary/aromatic N) is 3. The molecule has 4 aromatic rings. The molecule has 2 aromatic carbocycles. The van der Waals surface area contributed by atoms with Crippen LogP contribution in [0.25, 0.3) is 21.9 Å². The molecule has 2 fully saturated rings. The summed E-state index contributed by atoms with van der Waals surface area (Å²) >= 11 is 6.76. The quantitative estimate of drug-likeness (QED) is 0.131. The molecule has 50 heavy (non-hydrogen) atoms. The molecule has 11 nitrogen and oxygen atoms in total. The number of nitrogens with one attached hydrogen (secondary N) is 4. The van der Waals surface area contributed by atoms with Crippen molar-refractivity contribution in [2.45, 2.75) is 43.8 Å².